The van der Waals surface area contributed by atoms with E-state index in [0.29, 0.717) is 17.4 Å². The van der Waals surface area contributed by atoms with Crippen LogP contribution >= 0.6 is 11.8 Å². The van der Waals surface area contributed by atoms with Gasteiger partial charge >= 0.3 is 0 Å². The van der Waals surface area contributed by atoms with Gasteiger partial charge in [0.25, 0.3) is 0 Å². The summed E-state index contributed by atoms with van der Waals surface area (Å²) >= 11 is 1.78. The topological polar surface area (TPSA) is 53.2 Å². The summed E-state index contributed by atoms with van der Waals surface area (Å²) in [6.07, 6.45) is 0.814. The van der Waals surface area contributed by atoms with E-state index in [1.54, 1.807) is 23.9 Å². The molecule has 0 bridgehead atoms. The van der Waals surface area contributed by atoms with Crippen LogP contribution in [0.3, 0.4) is 0 Å². The van der Waals surface area contributed by atoms with E-state index < -0.39 is 0 Å². The van der Waals surface area contributed by atoms with E-state index in [4.69, 9.17) is 15.1 Å². The lowest BCUT2D eigenvalue weighted by molar-refractivity contribution is 0.288. The minimum Gasteiger partial charge on any atom is -0.493 e. The minimum atomic E-state index is 0.235. The smallest absolute Gasteiger partial charge is 0.120 e. The van der Waals surface area contributed by atoms with Crippen LogP contribution < -0.4 is 4.74 Å². The average molecular weight is 251 g/mol. The van der Waals surface area contributed by atoms with Crippen LogP contribution in [0.15, 0.2) is 24.3 Å². The first-order valence-corrected chi connectivity index (χ1v) is 6.66. The van der Waals surface area contributed by atoms with Crippen molar-refractivity contribution >= 4 is 11.8 Å². The third kappa shape index (κ3) is 5.62. The Morgan fingerprint density at radius 2 is 2.35 bits per heavy atom. The minimum absolute atomic E-state index is 0.235. The highest BCUT2D eigenvalue weighted by Gasteiger charge is 2.01. The van der Waals surface area contributed by atoms with Crippen LogP contribution in [0.2, 0.25) is 0 Å². The van der Waals surface area contributed by atoms with Crippen molar-refractivity contribution in [1.29, 1.82) is 5.26 Å². The molecule has 0 aliphatic carbocycles. The van der Waals surface area contributed by atoms with Gasteiger partial charge in [-0.2, -0.15) is 17.0 Å². The number of aliphatic hydroxyl groups is 1. The first-order valence-electron chi connectivity index (χ1n) is 5.61. The first kappa shape index (κ1) is 13.9. The summed E-state index contributed by atoms with van der Waals surface area (Å²) in [6.45, 7) is 2.95. The van der Waals surface area contributed by atoms with Crippen molar-refractivity contribution in [1.82, 2.24) is 0 Å². The van der Waals surface area contributed by atoms with Crippen LogP contribution in [0.4, 0.5) is 0 Å². The summed E-state index contributed by atoms with van der Waals surface area (Å²) in [6, 6.07) is 9.24. The molecule has 1 rings (SSSR count). The van der Waals surface area contributed by atoms with E-state index in [1.165, 1.54) is 0 Å². The second-order valence-electron chi connectivity index (χ2n) is 3.68. The molecule has 0 amide bonds. The van der Waals surface area contributed by atoms with Gasteiger partial charge in [0.2, 0.25) is 0 Å². The summed E-state index contributed by atoms with van der Waals surface area (Å²) in [7, 11) is 0. The van der Waals surface area contributed by atoms with Crippen molar-refractivity contribution in [2.45, 2.75) is 18.6 Å². The molecule has 0 fully saturated rings. The Hall–Kier alpha value is -1.18. The quantitative estimate of drug-likeness (QED) is 0.756. The standard InChI is InChI=1S/C13H17NO2S/c1-11(5-6-15)17-8-7-16-13-4-2-3-12(9-13)10-14/h2-4,9,11,15H,5-8H2,1H3. The maximum atomic E-state index is 8.75. The van der Waals surface area contributed by atoms with E-state index in [9.17, 15) is 0 Å². The number of nitrogens with zero attached hydrogens (tertiary/aromatic N) is 1. The Bertz CT molecular complexity index is 376. The monoisotopic (exact) mass is 251 g/mol. The van der Waals surface area contributed by atoms with Gasteiger partial charge in [-0.15, -0.1) is 0 Å². The van der Waals surface area contributed by atoms with E-state index in [2.05, 4.69) is 13.0 Å². The van der Waals surface area contributed by atoms with Crippen LogP contribution in [0.5, 0.6) is 5.75 Å². The van der Waals surface area contributed by atoms with Crippen molar-refractivity contribution in [2.75, 3.05) is 19.0 Å². The molecule has 0 aliphatic rings. The number of hydrogen-bond acceptors (Lipinski definition) is 4. The summed E-state index contributed by atoms with van der Waals surface area (Å²) in [5, 5.41) is 17.9. The maximum Gasteiger partial charge on any atom is 0.120 e. The molecule has 0 aliphatic heterocycles. The van der Waals surface area contributed by atoms with Gasteiger partial charge in [-0.1, -0.05) is 13.0 Å². The first-order chi connectivity index (χ1) is 8.26. The van der Waals surface area contributed by atoms with Gasteiger partial charge < -0.3 is 9.84 Å². The van der Waals surface area contributed by atoms with E-state index >= 15 is 0 Å². The second kappa shape index (κ2) is 7.99. The molecule has 17 heavy (non-hydrogen) atoms. The Labute approximate surface area is 106 Å². The molecule has 0 radical (unpaired) electrons. The zero-order valence-corrected chi connectivity index (χ0v) is 10.7. The molecule has 4 heteroatoms. The van der Waals surface area contributed by atoms with Gasteiger partial charge in [0.05, 0.1) is 18.2 Å². The Morgan fingerprint density at radius 1 is 1.53 bits per heavy atom. The van der Waals surface area contributed by atoms with Gasteiger partial charge in [-0.25, -0.2) is 0 Å². The molecule has 0 aromatic heterocycles. The Morgan fingerprint density at radius 3 is 3.06 bits per heavy atom. The average Bonchev–Trinajstić information content (AvgIpc) is 2.35. The molecule has 1 unspecified atom stereocenters. The molecular formula is C13H17NO2S. The highest BCUT2D eigenvalue weighted by molar-refractivity contribution is 7.99. The fraction of sp³-hybridized carbons (Fsp3) is 0.462. The Balaban J connectivity index is 2.24. The zero-order chi connectivity index (χ0) is 12.5. The molecule has 1 aromatic carbocycles. The maximum absolute atomic E-state index is 8.75. The fourth-order valence-corrected chi connectivity index (χ4v) is 2.18. The van der Waals surface area contributed by atoms with Gasteiger partial charge in [-0.3, -0.25) is 0 Å². The summed E-state index contributed by atoms with van der Waals surface area (Å²) in [5.41, 5.74) is 0.615. The molecule has 92 valence electrons. The predicted octanol–water partition coefficient (Wildman–Crippen LogP) is 2.44. The molecule has 3 nitrogen and oxygen atoms in total. The van der Waals surface area contributed by atoms with E-state index in [1.807, 2.05) is 12.1 Å². The Kier molecular flexibility index (Phi) is 6.53. The molecular weight excluding hydrogens is 234 g/mol. The van der Waals surface area contributed by atoms with E-state index in [-0.39, 0.29) is 6.61 Å². The number of aliphatic hydroxyl groups excluding tert-OH is 1. The van der Waals surface area contributed by atoms with Crippen molar-refractivity contribution in [3.63, 3.8) is 0 Å². The fourth-order valence-electron chi connectivity index (χ4n) is 1.33. The lowest BCUT2D eigenvalue weighted by Gasteiger charge is -2.10. The van der Waals surface area contributed by atoms with Crippen molar-refractivity contribution in [3.05, 3.63) is 29.8 Å². The van der Waals surface area contributed by atoms with Gasteiger partial charge in [0, 0.05) is 17.6 Å². The van der Waals surface area contributed by atoms with Crippen LogP contribution in [-0.4, -0.2) is 29.3 Å². The summed E-state index contributed by atoms with van der Waals surface area (Å²) in [5.74, 6) is 1.62. The number of thioether (sulfide) groups is 1. The van der Waals surface area contributed by atoms with Crippen LogP contribution in [0.25, 0.3) is 0 Å². The zero-order valence-electron chi connectivity index (χ0n) is 9.93. The summed E-state index contributed by atoms with van der Waals surface area (Å²) < 4.78 is 5.54. The second-order valence-corrected chi connectivity index (χ2v) is 5.23. The number of ether oxygens (including phenoxy) is 1. The van der Waals surface area contributed by atoms with Crippen molar-refractivity contribution in [3.8, 4) is 11.8 Å². The highest BCUT2D eigenvalue weighted by Crippen LogP contribution is 2.15. The number of rotatable bonds is 7. The molecule has 0 heterocycles. The van der Waals surface area contributed by atoms with Crippen molar-refractivity contribution in [2.24, 2.45) is 0 Å². The largest absolute Gasteiger partial charge is 0.493 e. The lowest BCUT2D eigenvalue weighted by Crippen LogP contribution is -2.06. The third-order valence-corrected chi connectivity index (χ3v) is 3.46. The predicted molar refractivity (Wildman–Crippen MR) is 70.3 cm³/mol. The van der Waals surface area contributed by atoms with Gasteiger partial charge in [-0.05, 0) is 24.6 Å². The SMILES string of the molecule is CC(CCO)SCCOc1cccc(C#N)c1. The van der Waals surface area contributed by atoms with Crippen LogP contribution in [0, 0.1) is 11.3 Å². The molecule has 0 saturated carbocycles. The normalized spacial score (nSPS) is 11.8. The van der Waals surface area contributed by atoms with E-state index in [0.717, 1.165) is 17.9 Å². The van der Waals surface area contributed by atoms with Crippen LogP contribution in [-0.2, 0) is 0 Å². The van der Waals surface area contributed by atoms with Crippen LogP contribution in [0.1, 0.15) is 18.9 Å². The number of benzene rings is 1. The van der Waals surface area contributed by atoms with Gasteiger partial charge in [0.15, 0.2) is 0 Å². The highest BCUT2D eigenvalue weighted by atomic mass is 32.2. The molecule has 1 N–H and O–H groups in total. The number of nitriles is 1. The molecule has 0 saturated heterocycles. The third-order valence-electron chi connectivity index (χ3n) is 2.25. The lowest BCUT2D eigenvalue weighted by atomic mass is 10.2. The molecule has 0 spiro atoms. The van der Waals surface area contributed by atoms with Gasteiger partial charge in [0.1, 0.15) is 5.75 Å². The van der Waals surface area contributed by atoms with Crippen molar-refractivity contribution < 1.29 is 9.84 Å². The summed E-state index contributed by atoms with van der Waals surface area (Å²) in [4.78, 5) is 0. The molecule has 1 aromatic rings. The molecule has 1 atom stereocenters. The number of hydrogen-bond donors (Lipinski definition) is 1.